The Balaban J connectivity index is 2.39. The number of hydrogen-bond acceptors (Lipinski definition) is 3. The van der Waals surface area contributed by atoms with Gasteiger partial charge in [-0.1, -0.05) is 6.92 Å². The molecular weight excluding hydrogens is 204 g/mol. The molecule has 0 aliphatic heterocycles. The molecule has 1 rings (SSSR count). The van der Waals surface area contributed by atoms with Gasteiger partial charge in [-0.15, -0.1) is 0 Å². The van der Waals surface area contributed by atoms with Crippen molar-refractivity contribution in [1.82, 2.24) is 0 Å². The largest absolute Gasteiger partial charge is 0.495 e. The van der Waals surface area contributed by atoms with Crippen molar-refractivity contribution in [3.8, 4) is 5.75 Å². The van der Waals surface area contributed by atoms with Crippen molar-refractivity contribution in [2.75, 3.05) is 0 Å². The van der Waals surface area contributed by atoms with Crippen LogP contribution >= 0.6 is 0 Å². The summed E-state index contributed by atoms with van der Waals surface area (Å²) < 4.78 is 10.6. The molecule has 16 heavy (non-hydrogen) atoms. The Hall–Kier alpha value is -1.77. The average molecular weight is 220 g/mol. The second-order valence-corrected chi connectivity index (χ2v) is 3.43. The highest BCUT2D eigenvalue weighted by Gasteiger charge is 1.94. The molecule has 1 unspecified atom stereocenters. The summed E-state index contributed by atoms with van der Waals surface area (Å²) in [6.07, 6.45) is 4.96. The van der Waals surface area contributed by atoms with Gasteiger partial charge >= 0.3 is 0 Å². The van der Waals surface area contributed by atoms with Crippen molar-refractivity contribution >= 4 is 6.29 Å². The molecule has 1 aromatic rings. The predicted molar refractivity (Wildman–Crippen MR) is 62.4 cm³/mol. The summed E-state index contributed by atoms with van der Waals surface area (Å²) in [5, 5.41) is 0. The quantitative estimate of drug-likeness (QED) is 0.545. The topological polar surface area (TPSA) is 35.5 Å². The first-order valence-corrected chi connectivity index (χ1v) is 5.28. The van der Waals surface area contributed by atoms with Crippen LogP contribution in [-0.4, -0.2) is 12.4 Å². The molecule has 0 fully saturated rings. The van der Waals surface area contributed by atoms with E-state index < -0.39 is 0 Å². The lowest BCUT2D eigenvalue weighted by molar-refractivity contribution is 0.112. The van der Waals surface area contributed by atoms with E-state index in [0.717, 1.165) is 12.7 Å². The molecule has 0 amide bonds. The van der Waals surface area contributed by atoms with E-state index in [1.54, 1.807) is 24.3 Å². The smallest absolute Gasteiger partial charge is 0.150 e. The number of aldehydes is 1. The van der Waals surface area contributed by atoms with Crippen LogP contribution in [-0.2, 0) is 4.74 Å². The maximum absolute atomic E-state index is 10.4. The van der Waals surface area contributed by atoms with E-state index in [1.807, 2.05) is 6.92 Å². The van der Waals surface area contributed by atoms with E-state index in [0.29, 0.717) is 11.3 Å². The molecule has 0 bridgehead atoms. The Morgan fingerprint density at radius 3 is 2.50 bits per heavy atom. The standard InChI is InChI=1S/C13H16O3/c1-3-11(2)15-8-9-16-13-6-4-12(10-14)5-7-13/h4-11H,3H2,1-2H3/b9-8-. The minimum atomic E-state index is 0.192. The van der Waals surface area contributed by atoms with Gasteiger partial charge in [-0.25, -0.2) is 0 Å². The van der Waals surface area contributed by atoms with Crippen LogP contribution in [0.4, 0.5) is 0 Å². The van der Waals surface area contributed by atoms with Gasteiger partial charge in [-0.2, -0.15) is 0 Å². The molecule has 86 valence electrons. The van der Waals surface area contributed by atoms with Gasteiger partial charge in [0.2, 0.25) is 0 Å². The highest BCUT2D eigenvalue weighted by Crippen LogP contribution is 2.11. The molecule has 0 saturated heterocycles. The minimum absolute atomic E-state index is 0.192. The second-order valence-electron chi connectivity index (χ2n) is 3.43. The molecule has 0 aliphatic rings. The number of carbonyl (C=O) groups is 1. The summed E-state index contributed by atoms with van der Waals surface area (Å²) in [6, 6.07) is 6.87. The lowest BCUT2D eigenvalue weighted by Gasteiger charge is -2.07. The summed E-state index contributed by atoms with van der Waals surface area (Å²) >= 11 is 0. The van der Waals surface area contributed by atoms with E-state index in [4.69, 9.17) is 9.47 Å². The Kier molecular flexibility index (Phi) is 5.12. The maximum atomic E-state index is 10.4. The molecule has 3 heteroatoms. The first kappa shape index (κ1) is 12.3. The molecule has 3 nitrogen and oxygen atoms in total. The zero-order chi connectivity index (χ0) is 11.8. The minimum Gasteiger partial charge on any atom is -0.495 e. The van der Waals surface area contributed by atoms with Crippen LogP contribution in [0.25, 0.3) is 0 Å². The maximum Gasteiger partial charge on any atom is 0.150 e. The molecule has 1 aromatic carbocycles. The third-order valence-corrected chi connectivity index (χ3v) is 2.16. The van der Waals surface area contributed by atoms with Crippen LogP contribution in [0.5, 0.6) is 5.75 Å². The summed E-state index contributed by atoms with van der Waals surface area (Å²) in [6.45, 7) is 4.04. The average Bonchev–Trinajstić information content (AvgIpc) is 2.35. The number of rotatable bonds is 6. The Bertz CT molecular complexity index is 341. The van der Waals surface area contributed by atoms with Gasteiger partial charge in [-0.3, -0.25) is 4.79 Å². The van der Waals surface area contributed by atoms with E-state index in [9.17, 15) is 4.79 Å². The van der Waals surface area contributed by atoms with Crippen LogP contribution < -0.4 is 4.74 Å². The van der Waals surface area contributed by atoms with Crippen molar-refractivity contribution in [3.05, 3.63) is 42.4 Å². The van der Waals surface area contributed by atoms with Gasteiger partial charge in [-0.05, 0) is 37.6 Å². The molecule has 0 saturated carbocycles. The number of ether oxygens (including phenoxy) is 2. The molecule has 0 aromatic heterocycles. The zero-order valence-electron chi connectivity index (χ0n) is 9.55. The van der Waals surface area contributed by atoms with Gasteiger partial charge in [0.25, 0.3) is 0 Å². The Morgan fingerprint density at radius 2 is 1.94 bits per heavy atom. The van der Waals surface area contributed by atoms with Crippen LogP contribution in [0, 0.1) is 0 Å². The lowest BCUT2D eigenvalue weighted by atomic mass is 10.2. The summed E-state index contributed by atoms with van der Waals surface area (Å²) in [5.41, 5.74) is 0.632. The van der Waals surface area contributed by atoms with Gasteiger partial charge in [0, 0.05) is 5.56 Å². The van der Waals surface area contributed by atoms with Crippen molar-refractivity contribution in [2.24, 2.45) is 0 Å². The zero-order valence-corrected chi connectivity index (χ0v) is 9.55. The van der Waals surface area contributed by atoms with Gasteiger partial charge in [0.05, 0.1) is 6.10 Å². The van der Waals surface area contributed by atoms with Crippen molar-refractivity contribution in [1.29, 1.82) is 0 Å². The number of hydrogen-bond donors (Lipinski definition) is 0. The molecule has 0 radical (unpaired) electrons. The molecule has 0 heterocycles. The molecule has 1 atom stereocenters. The van der Waals surface area contributed by atoms with E-state index in [2.05, 4.69) is 6.92 Å². The third kappa shape index (κ3) is 4.17. The van der Waals surface area contributed by atoms with Crippen LogP contribution in [0.2, 0.25) is 0 Å². The fraction of sp³-hybridized carbons (Fsp3) is 0.308. The summed E-state index contributed by atoms with van der Waals surface area (Å²) in [7, 11) is 0. The van der Waals surface area contributed by atoms with Gasteiger partial charge < -0.3 is 9.47 Å². The third-order valence-electron chi connectivity index (χ3n) is 2.16. The molecular formula is C13H16O3. The second kappa shape index (κ2) is 6.67. The number of benzene rings is 1. The van der Waals surface area contributed by atoms with Crippen LogP contribution in [0.15, 0.2) is 36.8 Å². The highest BCUT2D eigenvalue weighted by atomic mass is 16.5. The van der Waals surface area contributed by atoms with Crippen molar-refractivity contribution < 1.29 is 14.3 Å². The fourth-order valence-corrected chi connectivity index (χ4v) is 0.994. The monoisotopic (exact) mass is 220 g/mol. The van der Waals surface area contributed by atoms with E-state index >= 15 is 0 Å². The molecule has 0 spiro atoms. The van der Waals surface area contributed by atoms with Crippen molar-refractivity contribution in [2.45, 2.75) is 26.4 Å². The SMILES string of the molecule is CCC(C)O/C=C\Oc1ccc(C=O)cc1. The highest BCUT2D eigenvalue weighted by molar-refractivity contribution is 5.74. The van der Waals surface area contributed by atoms with Crippen LogP contribution in [0.3, 0.4) is 0 Å². The fourth-order valence-electron chi connectivity index (χ4n) is 0.994. The normalized spacial score (nSPS) is 12.4. The lowest BCUT2D eigenvalue weighted by Crippen LogP contribution is -2.00. The van der Waals surface area contributed by atoms with Gasteiger partial charge in [0.1, 0.15) is 24.6 Å². The first-order valence-electron chi connectivity index (χ1n) is 5.28. The van der Waals surface area contributed by atoms with Crippen molar-refractivity contribution in [3.63, 3.8) is 0 Å². The van der Waals surface area contributed by atoms with E-state index in [1.165, 1.54) is 12.5 Å². The Morgan fingerprint density at radius 1 is 1.25 bits per heavy atom. The summed E-state index contributed by atoms with van der Waals surface area (Å²) in [5.74, 6) is 0.676. The predicted octanol–water partition coefficient (Wildman–Crippen LogP) is 3.16. The van der Waals surface area contributed by atoms with Gasteiger partial charge in [0.15, 0.2) is 0 Å². The molecule has 0 N–H and O–H groups in total. The first-order chi connectivity index (χ1) is 7.76. The number of carbonyl (C=O) groups excluding carboxylic acids is 1. The Labute approximate surface area is 95.7 Å². The van der Waals surface area contributed by atoms with E-state index in [-0.39, 0.29) is 6.10 Å². The molecule has 0 aliphatic carbocycles. The summed E-state index contributed by atoms with van der Waals surface area (Å²) in [4.78, 5) is 10.4. The van der Waals surface area contributed by atoms with Crippen LogP contribution in [0.1, 0.15) is 30.6 Å².